The van der Waals surface area contributed by atoms with E-state index in [1.54, 1.807) is 0 Å². The van der Waals surface area contributed by atoms with Crippen LogP contribution in [0.5, 0.6) is 0 Å². The van der Waals surface area contributed by atoms with Crippen molar-refractivity contribution in [2.45, 2.75) is 379 Å². The highest BCUT2D eigenvalue weighted by Crippen LogP contribution is 2.18. The molecule has 0 rings (SSSR count). The van der Waals surface area contributed by atoms with E-state index >= 15 is 0 Å². The van der Waals surface area contributed by atoms with Gasteiger partial charge in [0.25, 0.3) is 0 Å². The molecule has 6 nitrogen and oxygen atoms in total. The number of nitrogens with one attached hydrogen (secondary N) is 1. The second-order valence-electron chi connectivity index (χ2n) is 22.5. The molecule has 0 saturated heterocycles. The second kappa shape index (κ2) is 61.1. The van der Waals surface area contributed by atoms with Gasteiger partial charge in [-0.05, 0) is 51.4 Å². The summed E-state index contributed by atoms with van der Waals surface area (Å²) in [7, 11) is 0. The predicted octanol–water partition coefficient (Wildman–Crippen LogP) is 20.4. The number of carbonyl (C=O) groups is 2. The van der Waals surface area contributed by atoms with Gasteiger partial charge in [-0.1, -0.05) is 315 Å². The van der Waals surface area contributed by atoms with Crippen LogP contribution in [0.15, 0.2) is 12.2 Å². The first-order valence-corrected chi connectivity index (χ1v) is 32.4. The molecule has 0 spiro atoms. The molecule has 0 heterocycles. The average molecular weight is 1000 g/mol. The van der Waals surface area contributed by atoms with Crippen molar-refractivity contribution >= 4 is 11.9 Å². The third-order valence-electron chi connectivity index (χ3n) is 15.3. The first-order valence-electron chi connectivity index (χ1n) is 32.4. The lowest BCUT2D eigenvalue weighted by Gasteiger charge is -2.22. The molecule has 2 unspecified atom stereocenters. The van der Waals surface area contributed by atoms with Gasteiger partial charge in [0.2, 0.25) is 5.91 Å². The Balaban J connectivity index is 3.32. The Bertz CT molecular complexity index is 1060. The molecule has 422 valence electrons. The van der Waals surface area contributed by atoms with Crippen LogP contribution in [-0.2, 0) is 14.3 Å². The molecule has 0 saturated carbocycles. The van der Waals surface area contributed by atoms with Crippen LogP contribution in [0.1, 0.15) is 367 Å². The number of rotatable bonds is 61. The zero-order chi connectivity index (χ0) is 51.4. The van der Waals surface area contributed by atoms with Gasteiger partial charge >= 0.3 is 5.97 Å². The number of aliphatic hydroxyl groups is 2. The largest absolute Gasteiger partial charge is 0.466 e. The van der Waals surface area contributed by atoms with Gasteiger partial charge in [-0.2, -0.15) is 0 Å². The molecule has 0 aromatic heterocycles. The lowest BCUT2D eigenvalue weighted by atomic mass is 10.0. The normalized spacial score (nSPS) is 12.6. The monoisotopic (exact) mass is 1000 g/mol. The highest BCUT2D eigenvalue weighted by Gasteiger charge is 2.20. The molecular weight excluding hydrogens is 875 g/mol. The van der Waals surface area contributed by atoms with E-state index < -0.39 is 12.1 Å². The second-order valence-corrected chi connectivity index (χ2v) is 22.5. The summed E-state index contributed by atoms with van der Waals surface area (Å²) in [6.45, 7) is 4.97. The maximum absolute atomic E-state index is 12.4. The van der Waals surface area contributed by atoms with E-state index in [9.17, 15) is 19.8 Å². The van der Waals surface area contributed by atoms with Crippen molar-refractivity contribution in [2.75, 3.05) is 13.2 Å². The van der Waals surface area contributed by atoms with Gasteiger partial charge in [-0.25, -0.2) is 0 Å². The van der Waals surface area contributed by atoms with E-state index in [0.717, 1.165) is 38.5 Å². The summed E-state index contributed by atoms with van der Waals surface area (Å²) in [6, 6.07) is -0.537. The van der Waals surface area contributed by atoms with Gasteiger partial charge in [0, 0.05) is 12.8 Å². The number of unbranched alkanes of at least 4 members (excludes halogenated alkanes) is 48. The highest BCUT2D eigenvalue weighted by molar-refractivity contribution is 5.76. The molecule has 71 heavy (non-hydrogen) atoms. The minimum Gasteiger partial charge on any atom is -0.466 e. The number of aliphatic hydroxyl groups excluding tert-OH is 2. The summed E-state index contributed by atoms with van der Waals surface area (Å²) in [5.74, 6) is -0.0135. The number of carbonyl (C=O) groups excluding carboxylic acids is 2. The minimum atomic E-state index is -0.660. The fourth-order valence-corrected chi connectivity index (χ4v) is 10.3. The standard InChI is InChI=1S/C65H127NO5/c1-3-5-7-9-11-13-15-16-36-39-43-47-51-55-59-65(70)71-60-56-52-48-44-40-37-34-32-30-28-26-24-22-20-18-17-19-21-23-25-27-29-31-33-35-38-42-46-50-54-58-64(69)66-62(61-67)63(68)57-53-49-45-41-14-12-10-8-6-4-2/h18,20,62-63,67-68H,3-17,19,21-61H2,1-2H3,(H,66,69)/b20-18-. The zero-order valence-corrected chi connectivity index (χ0v) is 48.2. The van der Waals surface area contributed by atoms with Crippen molar-refractivity contribution in [3.63, 3.8) is 0 Å². The molecule has 1 amide bonds. The van der Waals surface area contributed by atoms with E-state index in [4.69, 9.17) is 4.74 Å². The third kappa shape index (κ3) is 57.7. The van der Waals surface area contributed by atoms with Crippen LogP contribution in [0.25, 0.3) is 0 Å². The van der Waals surface area contributed by atoms with Crippen LogP contribution in [0.2, 0.25) is 0 Å². The Kier molecular flexibility index (Phi) is 59.9. The van der Waals surface area contributed by atoms with Crippen molar-refractivity contribution in [3.05, 3.63) is 12.2 Å². The smallest absolute Gasteiger partial charge is 0.305 e. The Morgan fingerprint density at radius 2 is 0.662 bits per heavy atom. The lowest BCUT2D eigenvalue weighted by Crippen LogP contribution is -2.45. The first kappa shape index (κ1) is 69.6. The van der Waals surface area contributed by atoms with Crippen molar-refractivity contribution in [1.82, 2.24) is 5.32 Å². The van der Waals surface area contributed by atoms with E-state index in [1.807, 2.05) is 0 Å². The quantitative estimate of drug-likeness (QED) is 0.0320. The summed E-state index contributed by atoms with van der Waals surface area (Å²) >= 11 is 0. The van der Waals surface area contributed by atoms with Crippen LogP contribution in [0.3, 0.4) is 0 Å². The van der Waals surface area contributed by atoms with E-state index in [1.165, 1.54) is 295 Å². The van der Waals surface area contributed by atoms with Crippen LogP contribution in [0, 0.1) is 0 Å². The van der Waals surface area contributed by atoms with Crippen molar-refractivity contribution in [1.29, 1.82) is 0 Å². The molecule has 0 aliphatic rings. The SMILES string of the molecule is CCCCCCCCCCCCCCCCC(=O)OCCCCCCCCCCCCCC/C=C\CCCCCCCCCCCCCCCCC(=O)NC(CO)C(O)CCCCCCCCCCCC. The van der Waals surface area contributed by atoms with Crippen molar-refractivity contribution < 1.29 is 24.5 Å². The number of ether oxygens (including phenoxy) is 1. The maximum Gasteiger partial charge on any atom is 0.305 e. The Labute approximate surface area is 444 Å². The Morgan fingerprint density at radius 3 is 1.00 bits per heavy atom. The van der Waals surface area contributed by atoms with Crippen LogP contribution < -0.4 is 5.32 Å². The minimum absolute atomic E-state index is 0.0199. The van der Waals surface area contributed by atoms with Gasteiger partial charge in [-0.15, -0.1) is 0 Å². The fourth-order valence-electron chi connectivity index (χ4n) is 10.3. The molecule has 0 aromatic carbocycles. The molecule has 0 radical (unpaired) electrons. The summed E-state index contributed by atoms with van der Waals surface area (Å²) < 4.78 is 5.49. The maximum atomic E-state index is 12.4. The van der Waals surface area contributed by atoms with Gasteiger partial charge in [0.05, 0.1) is 25.4 Å². The van der Waals surface area contributed by atoms with Crippen molar-refractivity contribution in [3.8, 4) is 0 Å². The number of hydrogen-bond donors (Lipinski definition) is 3. The Hall–Kier alpha value is -1.40. The number of amides is 1. The average Bonchev–Trinajstić information content (AvgIpc) is 3.37. The molecule has 0 aliphatic heterocycles. The van der Waals surface area contributed by atoms with Crippen molar-refractivity contribution in [2.24, 2.45) is 0 Å². The van der Waals surface area contributed by atoms with E-state index in [0.29, 0.717) is 25.9 Å². The van der Waals surface area contributed by atoms with Gasteiger partial charge in [0.1, 0.15) is 0 Å². The number of esters is 1. The zero-order valence-electron chi connectivity index (χ0n) is 48.2. The molecule has 0 aromatic rings. The van der Waals surface area contributed by atoms with Gasteiger partial charge in [-0.3, -0.25) is 9.59 Å². The summed E-state index contributed by atoms with van der Waals surface area (Å²) in [5.41, 5.74) is 0. The summed E-state index contributed by atoms with van der Waals surface area (Å²) in [5, 5.41) is 23.2. The fraction of sp³-hybridized carbons (Fsp3) is 0.938. The van der Waals surface area contributed by atoms with Gasteiger partial charge in [0.15, 0.2) is 0 Å². The predicted molar refractivity (Wildman–Crippen MR) is 310 cm³/mol. The van der Waals surface area contributed by atoms with Gasteiger partial charge < -0.3 is 20.3 Å². The molecule has 6 heteroatoms. The lowest BCUT2D eigenvalue weighted by molar-refractivity contribution is -0.143. The molecule has 2 atom stereocenters. The third-order valence-corrected chi connectivity index (χ3v) is 15.3. The molecule has 3 N–H and O–H groups in total. The Morgan fingerprint density at radius 1 is 0.380 bits per heavy atom. The first-order chi connectivity index (χ1) is 35.0. The molecule has 0 fully saturated rings. The van der Waals surface area contributed by atoms with E-state index in [-0.39, 0.29) is 18.5 Å². The summed E-state index contributed by atoms with van der Waals surface area (Å²) in [6.07, 6.45) is 73.9. The number of allylic oxidation sites excluding steroid dienone is 2. The highest BCUT2D eigenvalue weighted by atomic mass is 16.5. The molecule has 0 bridgehead atoms. The molecule has 0 aliphatic carbocycles. The van der Waals surface area contributed by atoms with Crippen LogP contribution in [0.4, 0.5) is 0 Å². The van der Waals surface area contributed by atoms with Crippen LogP contribution >= 0.6 is 0 Å². The molecular formula is C65H127NO5. The summed E-state index contributed by atoms with van der Waals surface area (Å²) in [4.78, 5) is 24.5. The van der Waals surface area contributed by atoms with E-state index in [2.05, 4.69) is 31.3 Å². The van der Waals surface area contributed by atoms with Crippen LogP contribution in [-0.4, -0.2) is 47.4 Å². The topological polar surface area (TPSA) is 95.9 Å². The number of hydrogen-bond acceptors (Lipinski definition) is 5.